The molecule has 2 aromatic heterocycles. The zero-order valence-corrected chi connectivity index (χ0v) is 19.2. The number of carbonyl (C=O) groups excluding carboxylic acids is 1. The lowest BCUT2D eigenvalue weighted by Crippen LogP contribution is -2.28. The molecule has 0 bridgehead atoms. The number of nitrogens with zero attached hydrogens (tertiary/aromatic N) is 6. The van der Waals surface area contributed by atoms with Gasteiger partial charge in [-0.25, -0.2) is 14.6 Å². The summed E-state index contributed by atoms with van der Waals surface area (Å²) >= 11 is 6.06. The van der Waals surface area contributed by atoms with Crippen molar-refractivity contribution in [1.82, 2.24) is 24.6 Å². The molecule has 1 aliphatic rings. The van der Waals surface area contributed by atoms with Crippen molar-refractivity contribution in [3.63, 3.8) is 0 Å². The molecule has 33 heavy (non-hydrogen) atoms. The number of carbonyl (C=O) groups is 1. The van der Waals surface area contributed by atoms with Crippen LogP contribution in [0.1, 0.15) is 18.1 Å². The third kappa shape index (κ3) is 4.33. The molecule has 1 amide bonds. The van der Waals surface area contributed by atoms with Crippen LogP contribution in [-0.4, -0.2) is 62.9 Å². The number of aromatic nitrogens is 4. The van der Waals surface area contributed by atoms with Crippen LogP contribution in [0.4, 0.5) is 17.5 Å². The van der Waals surface area contributed by atoms with Crippen molar-refractivity contribution in [2.75, 3.05) is 37.9 Å². The summed E-state index contributed by atoms with van der Waals surface area (Å²) < 4.78 is 1.45. The second-order valence-electron chi connectivity index (χ2n) is 8.32. The van der Waals surface area contributed by atoms with Gasteiger partial charge in [0.15, 0.2) is 5.15 Å². The first kappa shape index (κ1) is 22.5. The Balaban J connectivity index is 1.68. The Bertz CT molecular complexity index is 1270. The lowest BCUT2D eigenvalue weighted by atomic mass is 9.83. The van der Waals surface area contributed by atoms with Gasteiger partial charge in [0.2, 0.25) is 11.9 Å². The first-order valence-corrected chi connectivity index (χ1v) is 10.6. The van der Waals surface area contributed by atoms with Crippen LogP contribution in [0.25, 0.3) is 11.3 Å². The average Bonchev–Trinajstić information content (AvgIpc) is 3.32. The van der Waals surface area contributed by atoms with Crippen LogP contribution in [0, 0.1) is 11.3 Å². The van der Waals surface area contributed by atoms with Crippen molar-refractivity contribution in [2.24, 2.45) is 0 Å². The topological polar surface area (TPSA) is 132 Å². The molecule has 0 radical (unpaired) electrons. The van der Waals surface area contributed by atoms with Crippen molar-refractivity contribution >= 4 is 35.0 Å². The van der Waals surface area contributed by atoms with Gasteiger partial charge in [-0.05, 0) is 23.8 Å². The number of aliphatic hydroxyl groups is 1. The van der Waals surface area contributed by atoms with Gasteiger partial charge in [0.05, 0.1) is 23.6 Å². The molecule has 1 aromatic carbocycles. The summed E-state index contributed by atoms with van der Waals surface area (Å²) in [7, 11) is 3.33. The number of aliphatic hydroxyl groups excluding tert-OH is 1. The highest BCUT2D eigenvalue weighted by Gasteiger charge is 2.36. The predicted molar refractivity (Wildman–Crippen MR) is 124 cm³/mol. The van der Waals surface area contributed by atoms with Gasteiger partial charge in [-0.3, -0.25) is 4.79 Å². The number of rotatable bonds is 6. The number of nitriles is 1. The minimum absolute atomic E-state index is 0.00480. The van der Waals surface area contributed by atoms with Gasteiger partial charge in [-0.1, -0.05) is 18.5 Å². The van der Waals surface area contributed by atoms with E-state index in [0.29, 0.717) is 23.6 Å². The number of hydrogen-bond donors (Lipinski definition) is 3. The van der Waals surface area contributed by atoms with Gasteiger partial charge in [-0.15, -0.1) is 0 Å². The summed E-state index contributed by atoms with van der Waals surface area (Å²) in [5.41, 5.74) is 2.94. The second-order valence-corrected chi connectivity index (χ2v) is 8.71. The molecular formula is C22H23ClN8O2. The van der Waals surface area contributed by atoms with Crippen LogP contribution in [0.3, 0.4) is 0 Å². The third-order valence-corrected chi connectivity index (χ3v) is 5.82. The van der Waals surface area contributed by atoms with Crippen LogP contribution in [0.5, 0.6) is 0 Å². The lowest BCUT2D eigenvalue weighted by molar-refractivity contribution is -0.129. The van der Waals surface area contributed by atoms with E-state index in [1.807, 2.05) is 13.0 Å². The van der Waals surface area contributed by atoms with E-state index in [1.165, 1.54) is 9.58 Å². The van der Waals surface area contributed by atoms with Gasteiger partial charge in [0.25, 0.3) is 0 Å². The molecule has 0 aliphatic carbocycles. The Labute approximate surface area is 195 Å². The molecule has 0 saturated heterocycles. The fourth-order valence-electron chi connectivity index (χ4n) is 3.63. The number of hydrogen-bond acceptors (Lipinski definition) is 8. The number of nitrogens with one attached hydrogen (secondary N) is 2. The van der Waals surface area contributed by atoms with Crippen molar-refractivity contribution in [1.29, 1.82) is 5.26 Å². The maximum absolute atomic E-state index is 12.1. The number of halogens is 1. The van der Waals surface area contributed by atoms with E-state index in [9.17, 15) is 15.2 Å². The lowest BCUT2D eigenvalue weighted by Gasteiger charge is -2.21. The second kappa shape index (κ2) is 8.69. The molecule has 170 valence electrons. The van der Waals surface area contributed by atoms with Crippen LogP contribution in [-0.2, 0) is 16.8 Å². The Morgan fingerprint density at radius 1 is 1.42 bits per heavy atom. The highest BCUT2D eigenvalue weighted by Crippen LogP contribution is 2.41. The van der Waals surface area contributed by atoms with Crippen molar-refractivity contribution in [2.45, 2.75) is 18.9 Å². The minimum atomic E-state index is -0.493. The molecule has 3 N–H and O–H groups in total. The standard InChI is InChI=1S/C22H23ClN8O2/c1-22(12-32)11-26-20-14(9-24)6-13(7-15(20)22)16-4-5-25-21(27-16)28-18-8-17(23)29-31(18)10-19(33)30(2)3/h4-8,26,32H,10-12H2,1-3H3,(H,25,27,28). The van der Waals surface area contributed by atoms with Gasteiger partial charge in [0.1, 0.15) is 18.4 Å². The highest BCUT2D eigenvalue weighted by atomic mass is 35.5. The first-order valence-electron chi connectivity index (χ1n) is 10.2. The number of amides is 1. The highest BCUT2D eigenvalue weighted by molar-refractivity contribution is 6.29. The molecule has 3 aromatic rings. The largest absolute Gasteiger partial charge is 0.395 e. The molecule has 10 nitrogen and oxygen atoms in total. The van der Waals surface area contributed by atoms with Crippen molar-refractivity contribution in [3.05, 3.63) is 46.7 Å². The summed E-state index contributed by atoms with van der Waals surface area (Å²) in [6.45, 7) is 2.45. The van der Waals surface area contributed by atoms with E-state index < -0.39 is 5.41 Å². The van der Waals surface area contributed by atoms with Crippen molar-refractivity contribution in [3.8, 4) is 17.3 Å². The van der Waals surface area contributed by atoms with E-state index in [2.05, 4.69) is 31.8 Å². The van der Waals surface area contributed by atoms with Gasteiger partial charge < -0.3 is 20.6 Å². The van der Waals surface area contributed by atoms with Crippen LogP contribution < -0.4 is 10.6 Å². The normalized spacial score (nSPS) is 16.6. The number of fused-ring (bicyclic) bond motifs is 1. The fourth-order valence-corrected chi connectivity index (χ4v) is 3.83. The minimum Gasteiger partial charge on any atom is -0.395 e. The summed E-state index contributed by atoms with van der Waals surface area (Å²) in [5, 5.41) is 30.3. The van der Waals surface area contributed by atoms with Gasteiger partial charge in [-0.2, -0.15) is 10.4 Å². The number of benzene rings is 1. The van der Waals surface area contributed by atoms with E-state index in [1.54, 1.807) is 38.5 Å². The summed E-state index contributed by atoms with van der Waals surface area (Å²) in [4.78, 5) is 22.4. The van der Waals surface area contributed by atoms with E-state index in [0.717, 1.165) is 16.8 Å². The molecule has 0 saturated carbocycles. The van der Waals surface area contributed by atoms with E-state index >= 15 is 0 Å². The molecule has 1 unspecified atom stereocenters. The van der Waals surface area contributed by atoms with Gasteiger partial charge in [0, 0.05) is 43.9 Å². The SMILES string of the molecule is CN(C)C(=O)Cn1nc(Cl)cc1Nc1nccc(-c2cc(C#N)c3c(c2)C(C)(CO)CN3)n1. The average molecular weight is 467 g/mol. The van der Waals surface area contributed by atoms with Crippen molar-refractivity contribution < 1.29 is 9.90 Å². The molecule has 0 spiro atoms. The number of likely N-dealkylation sites (N-methyl/N-ethyl adjacent to an activating group) is 1. The Kier molecular flexibility index (Phi) is 5.93. The Hall–Kier alpha value is -3.68. The maximum atomic E-state index is 12.1. The first-order chi connectivity index (χ1) is 15.7. The molecule has 1 aliphatic heterocycles. The molecule has 11 heteroatoms. The zero-order valence-electron chi connectivity index (χ0n) is 18.4. The zero-order chi connectivity index (χ0) is 23.8. The molecular weight excluding hydrogens is 444 g/mol. The summed E-state index contributed by atoms with van der Waals surface area (Å²) in [6, 6.07) is 9.26. The monoisotopic (exact) mass is 466 g/mol. The molecule has 4 rings (SSSR count). The maximum Gasteiger partial charge on any atom is 0.243 e. The Morgan fingerprint density at radius 2 is 2.21 bits per heavy atom. The Morgan fingerprint density at radius 3 is 2.91 bits per heavy atom. The smallest absolute Gasteiger partial charge is 0.243 e. The molecule has 0 fully saturated rings. The summed E-state index contributed by atoms with van der Waals surface area (Å²) in [6.07, 6.45) is 1.60. The predicted octanol–water partition coefficient (Wildman–Crippen LogP) is 2.37. The molecule has 1 atom stereocenters. The van der Waals surface area contributed by atoms with E-state index in [4.69, 9.17) is 11.6 Å². The van der Waals surface area contributed by atoms with E-state index in [-0.39, 0.29) is 30.2 Å². The van der Waals surface area contributed by atoms with Crippen LogP contribution in [0.15, 0.2) is 30.5 Å². The fraction of sp³-hybridized carbons (Fsp3) is 0.318. The number of anilines is 3. The summed E-state index contributed by atoms with van der Waals surface area (Å²) in [5.74, 6) is 0.607. The van der Waals surface area contributed by atoms with Crippen LogP contribution in [0.2, 0.25) is 5.15 Å². The molecule has 3 heterocycles. The quantitative estimate of drug-likeness (QED) is 0.504. The third-order valence-electron chi connectivity index (χ3n) is 5.64. The van der Waals surface area contributed by atoms with Gasteiger partial charge >= 0.3 is 0 Å². The van der Waals surface area contributed by atoms with Crippen LogP contribution >= 0.6 is 11.6 Å².